The van der Waals surface area contributed by atoms with E-state index in [0.717, 1.165) is 6.42 Å². The molecule has 2 rings (SSSR count). The minimum absolute atomic E-state index is 0.0527. The second-order valence-electron chi connectivity index (χ2n) is 6.72. The highest BCUT2D eigenvalue weighted by molar-refractivity contribution is 5.74. The fraction of sp³-hybridized carbons (Fsp3) is 0.611. The maximum absolute atomic E-state index is 12.1. The molecule has 0 spiro atoms. The number of aliphatic hydroxyl groups is 1. The van der Waals surface area contributed by atoms with E-state index in [4.69, 9.17) is 0 Å². The van der Waals surface area contributed by atoms with E-state index in [-0.39, 0.29) is 18.2 Å². The van der Waals surface area contributed by atoms with Crippen LogP contribution in [-0.2, 0) is 0 Å². The summed E-state index contributed by atoms with van der Waals surface area (Å²) in [6, 6.07) is 8.76. The van der Waals surface area contributed by atoms with Crippen LogP contribution in [0.2, 0.25) is 0 Å². The molecule has 1 aromatic carbocycles. The summed E-state index contributed by atoms with van der Waals surface area (Å²) in [6.07, 6.45) is 1.37. The van der Waals surface area contributed by atoms with Crippen molar-refractivity contribution in [2.75, 3.05) is 13.6 Å². The van der Waals surface area contributed by atoms with Crippen molar-refractivity contribution in [1.82, 2.24) is 10.2 Å². The Labute approximate surface area is 133 Å². The van der Waals surface area contributed by atoms with Gasteiger partial charge in [-0.15, -0.1) is 0 Å². The van der Waals surface area contributed by atoms with E-state index in [1.807, 2.05) is 0 Å². The third-order valence-corrected chi connectivity index (χ3v) is 4.53. The number of urea groups is 1. The summed E-state index contributed by atoms with van der Waals surface area (Å²) in [6.45, 7) is 6.51. The van der Waals surface area contributed by atoms with E-state index in [2.05, 4.69) is 43.4 Å². The number of hydrogen-bond donors (Lipinski definition) is 2. The van der Waals surface area contributed by atoms with Gasteiger partial charge < -0.3 is 15.3 Å². The molecule has 1 aliphatic rings. The zero-order chi connectivity index (χ0) is 16.3. The van der Waals surface area contributed by atoms with E-state index in [0.29, 0.717) is 24.8 Å². The van der Waals surface area contributed by atoms with E-state index in [1.54, 1.807) is 18.9 Å². The van der Waals surface area contributed by atoms with Gasteiger partial charge in [0.15, 0.2) is 0 Å². The van der Waals surface area contributed by atoms with Crippen LogP contribution in [0, 0.1) is 12.8 Å². The van der Waals surface area contributed by atoms with Crippen LogP contribution in [0.1, 0.15) is 43.7 Å². The largest absolute Gasteiger partial charge is 0.393 e. The number of nitrogens with zero attached hydrogens (tertiary/aromatic N) is 1. The van der Waals surface area contributed by atoms with Gasteiger partial charge in [-0.05, 0) is 51.0 Å². The molecule has 122 valence electrons. The van der Waals surface area contributed by atoms with Gasteiger partial charge in [-0.2, -0.15) is 0 Å². The van der Waals surface area contributed by atoms with Gasteiger partial charge in [0.05, 0.1) is 6.10 Å². The van der Waals surface area contributed by atoms with Crippen molar-refractivity contribution < 1.29 is 9.90 Å². The summed E-state index contributed by atoms with van der Waals surface area (Å²) < 4.78 is 0. The first-order chi connectivity index (χ1) is 10.4. The molecule has 0 radical (unpaired) electrons. The lowest BCUT2D eigenvalue weighted by atomic mass is 10.0. The molecule has 1 saturated carbocycles. The second-order valence-corrected chi connectivity index (χ2v) is 6.72. The normalized spacial score (nSPS) is 22.8. The Kier molecular flexibility index (Phi) is 5.46. The van der Waals surface area contributed by atoms with Gasteiger partial charge in [-0.3, -0.25) is 0 Å². The first kappa shape index (κ1) is 16.8. The number of carbonyl (C=O) groups is 1. The van der Waals surface area contributed by atoms with Crippen molar-refractivity contribution in [3.63, 3.8) is 0 Å². The number of hydrogen-bond acceptors (Lipinski definition) is 2. The minimum atomic E-state index is -0.373. The SMILES string of the molecule is Cc1cccc(C2CC2C(C)NC(=O)N(C)CCC(C)O)c1. The van der Waals surface area contributed by atoms with Crippen molar-refractivity contribution in [2.24, 2.45) is 5.92 Å². The predicted octanol–water partition coefficient (Wildman–Crippen LogP) is 2.90. The number of amides is 2. The molecule has 4 nitrogen and oxygen atoms in total. The number of carbonyl (C=O) groups excluding carboxylic acids is 1. The maximum atomic E-state index is 12.1. The molecule has 4 atom stereocenters. The third kappa shape index (κ3) is 4.47. The molecule has 1 fully saturated rings. The van der Waals surface area contributed by atoms with Crippen molar-refractivity contribution in [3.05, 3.63) is 35.4 Å². The van der Waals surface area contributed by atoms with E-state index in [9.17, 15) is 9.90 Å². The van der Waals surface area contributed by atoms with Gasteiger partial charge in [0, 0.05) is 19.6 Å². The zero-order valence-corrected chi connectivity index (χ0v) is 14.0. The Morgan fingerprint density at radius 1 is 1.45 bits per heavy atom. The molecule has 0 aromatic heterocycles. The first-order valence-corrected chi connectivity index (χ1v) is 8.14. The number of benzene rings is 1. The van der Waals surface area contributed by atoms with Crippen LogP contribution in [0.3, 0.4) is 0 Å². The average Bonchev–Trinajstić information content (AvgIpc) is 3.25. The molecular formula is C18H28N2O2. The van der Waals surface area contributed by atoms with Crippen LogP contribution >= 0.6 is 0 Å². The monoisotopic (exact) mass is 304 g/mol. The number of nitrogens with one attached hydrogen (secondary N) is 1. The van der Waals surface area contributed by atoms with Crippen LogP contribution < -0.4 is 5.32 Å². The third-order valence-electron chi connectivity index (χ3n) is 4.53. The molecule has 4 unspecified atom stereocenters. The first-order valence-electron chi connectivity index (χ1n) is 8.14. The van der Waals surface area contributed by atoms with Crippen molar-refractivity contribution in [3.8, 4) is 0 Å². The van der Waals surface area contributed by atoms with Crippen LogP contribution in [0.25, 0.3) is 0 Å². The highest BCUT2D eigenvalue weighted by atomic mass is 16.3. The topological polar surface area (TPSA) is 52.6 Å². The summed E-state index contributed by atoms with van der Waals surface area (Å²) in [5.41, 5.74) is 2.67. The lowest BCUT2D eigenvalue weighted by molar-refractivity contribution is 0.162. The smallest absolute Gasteiger partial charge is 0.317 e. The molecule has 0 heterocycles. The number of aryl methyl sites for hydroxylation is 1. The van der Waals surface area contributed by atoms with Crippen molar-refractivity contribution in [1.29, 1.82) is 0 Å². The van der Waals surface area contributed by atoms with Crippen LogP contribution in [-0.4, -0.2) is 41.8 Å². The lowest BCUT2D eigenvalue weighted by Gasteiger charge is -2.22. The van der Waals surface area contributed by atoms with Crippen LogP contribution in [0.15, 0.2) is 24.3 Å². The zero-order valence-electron chi connectivity index (χ0n) is 14.0. The van der Waals surface area contributed by atoms with Gasteiger partial charge in [-0.1, -0.05) is 29.8 Å². The minimum Gasteiger partial charge on any atom is -0.393 e. The number of rotatable bonds is 6. The molecule has 1 aromatic rings. The highest BCUT2D eigenvalue weighted by Gasteiger charge is 2.42. The Hall–Kier alpha value is -1.55. The summed E-state index contributed by atoms with van der Waals surface area (Å²) >= 11 is 0. The molecular weight excluding hydrogens is 276 g/mol. The lowest BCUT2D eigenvalue weighted by Crippen LogP contribution is -2.43. The fourth-order valence-corrected chi connectivity index (χ4v) is 2.95. The van der Waals surface area contributed by atoms with Crippen molar-refractivity contribution >= 4 is 6.03 Å². The summed E-state index contributed by atoms with van der Waals surface area (Å²) in [7, 11) is 1.77. The molecule has 2 amide bonds. The Morgan fingerprint density at radius 2 is 2.18 bits per heavy atom. The molecule has 0 bridgehead atoms. The van der Waals surface area contributed by atoms with Crippen LogP contribution in [0.5, 0.6) is 0 Å². The van der Waals surface area contributed by atoms with Gasteiger partial charge in [0.25, 0.3) is 0 Å². The van der Waals surface area contributed by atoms with Gasteiger partial charge in [0.1, 0.15) is 0 Å². The van der Waals surface area contributed by atoms with Gasteiger partial charge >= 0.3 is 6.03 Å². The van der Waals surface area contributed by atoms with Crippen LogP contribution in [0.4, 0.5) is 4.79 Å². The van der Waals surface area contributed by atoms with Crippen molar-refractivity contribution in [2.45, 2.75) is 51.7 Å². The van der Waals surface area contributed by atoms with E-state index >= 15 is 0 Å². The summed E-state index contributed by atoms with van der Waals surface area (Å²) in [5.74, 6) is 1.09. The summed E-state index contributed by atoms with van der Waals surface area (Å²) in [4.78, 5) is 13.8. The Bertz CT molecular complexity index is 516. The predicted molar refractivity (Wildman–Crippen MR) is 88.9 cm³/mol. The molecule has 22 heavy (non-hydrogen) atoms. The Balaban J connectivity index is 1.81. The standard InChI is InChI=1S/C18H28N2O2/c1-12-6-5-7-15(10-12)17-11-16(17)14(3)19-18(22)20(4)9-8-13(2)21/h5-7,10,13-14,16-17,21H,8-9,11H2,1-4H3,(H,19,22). The van der Waals surface area contributed by atoms with E-state index < -0.39 is 0 Å². The second kappa shape index (κ2) is 7.14. The average molecular weight is 304 g/mol. The maximum Gasteiger partial charge on any atom is 0.317 e. The molecule has 4 heteroatoms. The summed E-state index contributed by atoms with van der Waals surface area (Å²) in [5, 5.41) is 12.4. The molecule has 1 aliphatic carbocycles. The fourth-order valence-electron chi connectivity index (χ4n) is 2.95. The molecule has 0 saturated heterocycles. The van der Waals surface area contributed by atoms with Gasteiger partial charge in [-0.25, -0.2) is 4.79 Å². The van der Waals surface area contributed by atoms with Gasteiger partial charge in [0.2, 0.25) is 0 Å². The highest BCUT2D eigenvalue weighted by Crippen LogP contribution is 2.49. The van der Waals surface area contributed by atoms with E-state index in [1.165, 1.54) is 11.1 Å². The quantitative estimate of drug-likeness (QED) is 0.849. The number of aliphatic hydroxyl groups excluding tert-OH is 1. The Morgan fingerprint density at radius 3 is 2.82 bits per heavy atom. The molecule has 2 N–H and O–H groups in total. The molecule has 0 aliphatic heterocycles.